The lowest BCUT2D eigenvalue weighted by molar-refractivity contribution is 0.203. The second-order valence-corrected chi connectivity index (χ2v) is 10.6. The molecule has 1 saturated heterocycles. The molecule has 0 amide bonds. The zero-order chi connectivity index (χ0) is 19.9. The van der Waals surface area contributed by atoms with Gasteiger partial charge in [0.1, 0.15) is 0 Å². The van der Waals surface area contributed by atoms with Gasteiger partial charge in [0.05, 0.1) is 11.5 Å². The summed E-state index contributed by atoms with van der Waals surface area (Å²) in [6.45, 7) is 5.66. The number of hydrogen-bond donors (Lipinski definition) is 1. The van der Waals surface area contributed by atoms with Crippen molar-refractivity contribution in [2.45, 2.75) is 57.6 Å². The van der Waals surface area contributed by atoms with Gasteiger partial charge in [-0.3, -0.25) is 4.99 Å². The summed E-state index contributed by atoms with van der Waals surface area (Å²) in [5.41, 5.74) is 1.35. The fourth-order valence-corrected chi connectivity index (χ4v) is 6.03. The molecule has 1 aliphatic heterocycles. The van der Waals surface area contributed by atoms with Gasteiger partial charge in [0.25, 0.3) is 0 Å². The molecule has 3 rings (SSSR count). The van der Waals surface area contributed by atoms with Crippen LogP contribution < -0.4 is 5.32 Å². The maximum atomic E-state index is 12.4. The van der Waals surface area contributed by atoms with Crippen LogP contribution in [0.15, 0.2) is 35.3 Å². The molecule has 1 N–H and O–H groups in total. The minimum atomic E-state index is -3.09. The Morgan fingerprint density at radius 2 is 1.86 bits per heavy atom. The second kappa shape index (κ2) is 11.5. The minimum Gasteiger partial charge on any atom is -0.357 e. The third-order valence-electron chi connectivity index (χ3n) is 6.09. The fraction of sp³-hybridized carbons (Fsp3) is 0.682. The topological polar surface area (TPSA) is 61.8 Å². The lowest BCUT2D eigenvalue weighted by atomic mass is 9.73. The number of nitrogens with one attached hydrogen (secondary N) is 1. The normalized spacial score (nSPS) is 19.2. The number of sulfone groups is 1. The van der Waals surface area contributed by atoms with Crippen molar-refractivity contribution in [1.29, 1.82) is 0 Å². The van der Waals surface area contributed by atoms with Crippen LogP contribution in [0.4, 0.5) is 0 Å². The van der Waals surface area contributed by atoms with E-state index in [9.17, 15) is 8.42 Å². The van der Waals surface area contributed by atoms with Gasteiger partial charge in [-0.1, -0.05) is 49.6 Å². The maximum Gasteiger partial charge on any atom is 0.193 e. The molecule has 0 aromatic heterocycles. The summed E-state index contributed by atoms with van der Waals surface area (Å²) in [7, 11) is -3.09. The van der Waals surface area contributed by atoms with Gasteiger partial charge >= 0.3 is 0 Å². The van der Waals surface area contributed by atoms with Crippen molar-refractivity contribution in [3.05, 3.63) is 35.9 Å². The molecule has 7 heteroatoms. The summed E-state index contributed by atoms with van der Waals surface area (Å²) in [6.07, 6.45) is 8.64. The molecule has 1 heterocycles. The van der Waals surface area contributed by atoms with Crippen molar-refractivity contribution < 1.29 is 8.42 Å². The molecule has 1 aliphatic carbocycles. The predicted molar refractivity (Wildman–Crippen MR) is 132 cm³/mol. The lowest BCUT2D eigenvalue weighted by Crippen LogP contribution is -2.41. The van der Waals surface area contributed by atoms with Crippen molar-refractivity contribution in [3.63, 3.8) is 0 Å². The first kappa shape index (κ1) is 24.4. The van der Waals surface area contributed by atoms with Gasteiger partial charge in [-0.15, -0.1) is 24.0 Å². The number of nitrogens with zero attached hydrogens (tertiary/aromatic N) is 2. The highest BCUT2D eigenvalue weighted by molar-refractivity contribution is 14.0. The zero-order valence-electron chi connectivity index (χ0n) is 17.6. The summed E-state index contributed by atoms with van der Waals surface area (Å²) in [4.78, 5) is 7.15. The number of likely N-dealkylation sites (tertiary alicyclic amines) is 1. The molecular formula is C22H36IN3O2S. The molecule has 0 unspecified atom stereocenters. The molecular weight excluding hydrogens is 497 g/mol. The number of guanidine groups is 1. The number of hydrogen-bond acceptors (Lipinski definition) is 3. The Kier molecular flexibility index (Phi) is 9.72. The summed E-state index contributed by atoms with van der Waals surface area (Å²) in [5, 5.41) is 3.41. The molecule has 1 aromatic carbocycles. The summed E-state index contributed by atoms with van der Waals surface area (Å²) >= 11 is 0. The van der Waals surface area contributed by atoms with Crippen LogP contribution in [0.5, 0.6) is 0 Å². The van der Waals surface area contributed by atoms with E-state index in [4.69, 9.17) is 4.99 Å². The van der Waals surface area contributed by atoms with Crippen LogP contribution in [0.25, 0.3) is 0 Å². The Morgan fingerprint density at radius 3 is 2.55 bits per heavy atom. The third kappa shape index (κ3) is 7.42. The van der Waals surface area contributed by atoms with E-state index in [2.05, 4.69) is 17.1 Å². The van der Waals surface area contributed by atoms with E-state index in [1.165, 1.54) is 38.5 Å². The fourth-order valence-electron chi connectivity index (χ4n) is 4.62. The molecule has 1 aromatic rings. The largest absolute Gasteiger partial charge is 0.357 e. The highest BCUT2D eigenvalue weighted by Crippen LogP contribution is 2.43. The minimum absolute atomic E-state index is 0. The monoisotopic (exact) mass is 533 g/mol. The van der Waals surface area contributed by atoms with E-state index in [1.54, 1.807) is 0 Å². The number of aliphatic imine (C=N–C) groups is 1. The average Bonchev–Trinajstić information content (AvgIpc) is 3.08. The van der Waals surface area contributed by atoms with E-state index in [1.807, 2.05) is 30.3 Å². The molecule has 2 aliphatic rings. The van der Waals surface area contributed by atoms with Crippen LogP contribution in [0.1, 0.15) is 57.4 Å². The van der Waals surface area contributed by atoms with E-state index in [-0.39, 0.29) is 35.5 Å². The summed E-state index contributed by atoms with van der Waals surface area (Å²) in [6, 6.07) is 9.41. The van der Waals surface area contributed by atoms with E-state index >= 15 is 0 Å². The first-order valence-electron chi connectivity index (χ1n) is 10.8. The molecule has 0 radical (unpaired) electrons. The predicted octanol–water partition coefficient (Wildman–Crippen LogP) is 4.23. The number of rotatable bonds is 7. The van der Waals surface area contributed by atoms with Crippen molar-refractivity contribution in [2.75, 3.05) is 31.9 Å². The van der Waals surface area contributed by atoms with Crippen LogP contribution in [0.3, 0.4) is 0 Å². The quantitative estimate of drug-likeness (QED) is 0.247. The van der Waals surface area contributed by atoms with Gasteiger partial charge in [0, 0.05) is 26.2 Å². The Bertz CT molecular complexity index is 747. The summed E-state index contributed by atoms with van der Waals surface area (Å²) < 4.78 is 24.7. The Morgan fingerprint density at radius 1 is 1.14 bits per heavy atom. The Hall–Kier alpha value is -0.830. The molecule has 5 nitrogen and oxygen atoms in total. The van der Waals surface area contributed by atoms with Gasteiger partial charge in [-0.25, -0.2) is 8.42 Å². The van der Waals surface area contributed by atoms with E-state index < -0.39 is 9.84 Å². The van der Waals surface area contributed by atoms with Crippen LogP contribution in [-0.4, -0.2) is 51.2 Å². The van der Waals surface area contributed by atoms with Crippen LogP contribution in [0.2, 0.25) is 0 Å². The summed E-state index contributed by atoms with van der Waals surface area (Å²) in [5.74, 6) is 1.27. The van der Waals surface area contributed by atoms with Crippen molar-refractivity contribution >= 4 is 39.8 Å². The smallest absolute Gasteiger partial charge is 0.193 e. The Labute approximate surface area is 193 Å². The molecule has 0 atom stereocenters. The standard InChI is InChI=1S/C22H35N3O2S.HI/c1-2-23-21(25-16-14-22(19-25)12-7-4-8-13-22)24-15-9-17-28(26,27)18-20-10-5-3-6-11-20;/h3,5-6,10-11H,2,4,7-9,12-19H2,1H3,(H,23,24);1H. The maximum absolute atomic E-state index is 12.4. The highest BCUT2D eigenvalue weighted by atomic mass is 127. The zero-order valence-corrected chi connectivity index (χ0v) is 20.8. The number of benzene rings is 1. The third-order valence-corrected chi connectivity index (χ3v) is 7.78. The Balaban J connectivity index is 0.00000300. The molecule has 1 saturated carbocycles. The molecule has 0 bridgehead atoms. The first-order chi connectivity index (χ1) is 13.5. The van der Waals surface area contributed by atoms with Gasteiger partial charge < -0.3 is 10.2 Å². The van der Waals surface area contributed by atoms with Gasteiger partial charge in [0.15, 0.2) is 15.8 Å². The lowest BCUT2D eigenvalue weighted by Gasteiger charge is -2.33. The molecule has 29 heavy (non-hydrogen) atoms. The molecule has 164 valence electrons. The van der Waals surface area contributed by atoms with Crippen LogP contribution in [-0.2, 0) is 15.6 Å². The molecule has 2 fully saturated rings. The second-order valence-electron chi connectivity index (χ2n) is 8.40. The SMILES string of the molecule is CCNC(=NCCCS(=O)(=O)Cc1ccccc1)N1CCC2(CCCCC2)C1.I. The first-order valence-corrected chi connectivity index (χ1v) is 12.6. The van der Waals surface area contributed by atoms with Crippen LogP contribution >= 0.6 is 24.0 Å². The van der Waals surface area contributed by atoms with Crippen LogP contribution in [0, 0.1) is 5.41 Å². The number of halogens is 1. The average molecular weight is 534 g/mol. The van der Waals surface area contributed by atoms with Crippen molar-refractivity contribution in [3.8, 4) is 0 Å². The highest BCUT2D eigenvalue weighted by Gasteiger charge is 2.39. The van der Waals surface area contributed by atoms with Gasteiger partial charge in [-0.2, -0.15) is 0 Å². The van der Waals surface area contributed by atoms with Crippen molar-refractivity contribution in [1.82, 2.24) is 10.2 Å². The van der Waals surface area contributed by atoms with E-state index in [0.717, 1.165) is 31.2 Å². The van der Waals surface area contributed by atoms with Gasteiger partial charge in [0.2, 0.25) is 0 Å². The van der Waals surface area contributed by atoms with Crippen molar-refractivity contribution in [2.24, 2.45) is 10.4 Å². The van der Waals surface area contributed by atoms with E-state index in [0.29, 0.717) is 18.4 Å². The van der Waals surface area contributed by atoms with Gasteiger partial charge in [-0.05, 0) is 43.6 Å². The molecule has 1 spiro atoms.